The molecule has 1 amide bonds. The lowest BCUT2D eigenvalue weighted by molar-refractivity contribution is -0.127. The van der Waals surface area contributed by atoms with Gasteiger partial charge in [0.1, 0.15) is 5.82 Å². The van der Waals surface area contributed by atoms with Crippen LogP contribution in [0.4, 0.5) is 0 Å². The van der Waals surface area contributed by atoms with Crippen LogP contribution in [-0.4, -0.2) is 28.6 Å². The van der Waals surface area contributed by atoms with Gasteiger partial charge in [0.2, 0.25) is 5.91 Å². The smallest absolute Gasteiger partial charge is 0.223 e. The van der Waals surface area contributed by atoms with E-state index in [0.29, 0.717) is 6.42 Å². The van der Waals surface area contributed by atoms with E-state index >= 15 is 0 Å². The number of ether oxygens (including phenoxy) is 1. The first-order chi connectivity index (χ1) is 7.98. The molecule has 0 aliphatic carbocycles. The van der Waals surface area contributed by atoms with Crippen LogP contribution in [0.15, 0.2) is 12.4 Å². The quantitative estimate of drug-likeness (QED) is 0.795. The van der Waals surface area contributed by atoms with Gasteiger partial charge in [0.25, 0.3) is 0 Å². The van der Waals surface area contributed by atoms with E-state index in [1.807, 2.05) is 20.8 Å². The molecule has 0 saturated carbocycles. The Morgan fingerprint density at radius 3 is 2.82 bits per heavy atom. The Morgan fingerprint density at radius 2 is 2.35 bits per heavy atom. The maximum absolute atomic E-state index is 11.8. The fraction of sp³-hybridized carbons (Fsp3) is 0.667. The summed E-state index contributed by atoms with van der Waals surface area (Å²) in [7, 11) is 1.61. The van der Waals surface area contributed by atoms with Gasteiger partial charge in [0.15, 0.2) is 0 Å². The zero-order valence-electron chi connectivity index (χ0n) is 10.9. The largest absolute Gasteiger partial charge is 0.378 e. The third kappa shape index (κ3) is 4.19. The van der Waals surface area contributed by atoms with E-state index in [1.54, 1.807) is 19.5 Å². The number of hydrogen-bond acceptors (Lipinski definition) is 3. The van der Waals surface area contributed by atoms with Crippen LogP contribution < -0.4 is 5.32 Å². The van der Waals surface area contributed by atoms with Gasteiger partial charge in [-0.3, -0.25) is 4.79 Å². The lowest BCUT2D eigenvalue weighted by Crippen LogP contribution is -2.35. The molecule has 5 nitrogen and oxygen atoms in total. The second kappa shape index (κ2) is 5.82. The molecule has 0 aliphatic heterocycles. The first-order valence-corrected chi connectivity index (χ1v) is 5.82. The van der Waals surface area contributed by atoms with Gasteiger partial charge in [-0.05, 0) is 20.3 Å². The molecule has 0 saturated heterocycles. The predicted octanol–water partition coefficient (Wildman–Crippen LogP) is 1.79. The number of carbonyl (C=O) groups is 1. The van der Waals surface area contributed by atoms with Crippen LogP contribution in [0.1, 0.15) is 45.5 Å². The van der Waals surface area contributed by atoms with Crippen LogP contribution in [-0.2, 0) is 9.53 Å². The summed E-state index contributed by atoms with van der Waals surface area (Å²) in [6.45, 7) is 5.79. The first kappa shape index (κ1) is 13.7. The summed E-state index contributed by atoms with van der Waals surface area (Å²) >= 11 is 0. The zero-order valence-corrected chi connectivity index (χ0v) is 10.9. The summed E-state index contributed by atoms with van der Waals surface area (Å²) in [4.78, 5) is 19.0. The molecule has 1 heterocycles. The average molecular weight is 239 g/mol. The van der Waals surface area contributed by atoms with Crippen LogP contribution >= 0.6 is 0 Å². The Balaban J connectivity index is 2.55. The number of carbonyl (C=O) groups excluding carboxylic acids is 1. The molecule has 0 bridgehead atoms. The van der Waals surface area contributed by atoms with E-state index in [9.17, 15) is 4.79 Å². The van der Waals surface area contributed by atoms with Crippen molar-refractivity contribution in [3.8, 4) is 0 Å². The van der Waals surface area contributed by atoms with Gasteiger partial charge >= 0.3 is 0 Å². The highest BCUT2D eigenvalue weighted by Crippen LogP contribution is 2.16. The number of methoxy groups -OCH3 is 1. The highest BCUT2D eigenvalue weighted by atomic mass is 16.5. The Hall–Kier alpha value is -1.36. The Kier molecular flexibility index (Phi) is 4.69. The molecule has 96 valence electrons. The third-order valence-corrected chi connectivity index (χ3v) is 2.73. The van der Waals surface area contributed by atoms with Crippen molar-refractivity contribution in [2.45, 2.75) is 45.3 Å². The number of H-pyrrole nitrogens is 1. The number of nitrogens with zero attached hydrogens (tertiary/aromatic N) is 1. The van der Waals surface area contributed by atoms with Crippen molar-refractivity contribution in [2.24, 2.45) is 0 Å². The van der Waals surface area contributed by atoms with Crippen molar-refractivity contribution in [3.05, 3.63) is 18.2 Å². The number of amides is 1. The molecule has 1 unspecified atom stereocenters. The summed E-state index contributed by atoms with van der Waals surface area (Å²) < 4.78 is 5.23. The second-order valence-electron chi connectivity index (χ2n) is 4.64. The summed E-state index contributed by atoms with van der Waals surface area (Å²) in [5, 5.41) is 2.95. The molecule has 2 N–H and O–H groups in total. The van der Waals surface area contributed by atoms with Crippen molar-refractivity contribution in [1.82, 2.24) is 15.3 Å². The maximum Gasteiger partial charge on any atom is 0.223 e. The van der Waals surface area contributed by atoms with Crippen molar-refractivity contribution in [2.75, 3.05) is 7.11 Å². The van der Waals surface area contributed by atoms with Gasteiger partial charge < -0.3 is 15.0 Å². The minimum atomic E-state index is -0.439. The molecule has 0 radical (unpaired) electrons. The molecule has 1 rings (SSSR count). The molecule has 0 aliphatic rings. The summed E-state index contributed by atoms with van der Waals surface area (Å²) in [5.74, 6) is 0.760. The number of hydrogen-bond donors (Lipinski definition) is 2. The molecule has 5 heteroatoms. The third-order valence-electron chi connectivity index (χ3n) is 2.73. The molecule has 17 heavy (non-hydrogen) atoms. The predicted molar refractivity (Wildman–Crippen MR) is 65.5 cm³/mol. The topological polar surface area (TPSA) is 67.0 Å². The van der Waals surface area contributed by atoms with Gasteiger partial charge in [-0.1, -0.05) is 6.92 Å². The number of imidazole rings is 1. The SMILES string of the molecule is CCC(NC(=O)CC(C)(C)OC)c1ncc[nH]1. The van der Waals surface area contributed by atoms with Gasteiger partial charge in [-0.15, -0.1) is 0 Å². The molecule has 1 atom stereocenters. The van der Waals surface area contributed by atoms with E-state index in [-0.39, 0.29) is 11.9 Å². The number of aromatic nitrogens is 2. The molecule has 0 aromatic carbocycles. The Bertz CT molecular complexity index is 347. The zero-order chi connectivity index (χ0) is 12.9. The summed E-state index contributed by atoms with van der Waals surface area (Å²) in [6, 6.07) is -0.0647. The highest BCUT2D eigenvalue weighted by molar-refractivity contribution is 5.77. The second-order valence-corrected chi connectivity index (χ2v) is 4.64. The average Bonchev–Trinajstić information content (AvgIpc) is 2.78. The molecule has 0 spiro atoms. The minimum Gasteiger partial charge on any atom is -0.378 e. The fourth-order valence-corrected chi connectivity index (χ4v) is 1.54. The number of rotatable bonds is 6. The molecule has 1 aromatic heterocycles. The molecule has 1 aromatic rings. The number of aromatic amines is 1. The lowest BCUT2D eigenvalue weighted by atomic mass is 10.0. The molecule has 0 fully saturated rings. The van der Waals surface area contributed by atoms with Gasteiger partial charge in [0, 0.05) is 19.5 Å². The van der Waals surface area contributed by atoms with Crippen LogP contribution in [0, 0.1) is 0 Å². The van der Waals surface area contributed by atoms with Gasteiger partial charge in [-0.25, -0.2) is 4.98 Å². The van der Waals surface area contributed by atoms with Crippen molar-refractivity contribution >= 4 is 5.91 Å². The van der Waals surface area contributed by atoms with Crippen LogP contribution in [0.5, 0.6) is 0 Å². The van der Waals surface area contributed by atoms with E-state index < -0.39 is 5.60 Å². The van der Waals surface area contributed by atoms with Crippen LogP contribution in [0.25, 0.3) is 0 Å². The van der Waals surface area contributed by atoms with Gasteiger partial charge in [0.05, 0.1) is 18.1 Å². The van der Waals surface area contributed by atoms with E-state index in [1.165, 1.54) is 0 Å². The van der Waals surface area contributed by atoms with Crippen molar-refractivity contribution in [3.63, 3.8) is 0 Å². The lowest BCUT2D eigenvalue weighted by Gasteiger charge is -2.23. The Labute approximate surface area is 102 Å². The standard InChI is InChI=1S/C12H21N3O2/c1-5-9(11-13-6-7-14-11)15-10(16)8-12(2,3)17-4/h6-7,9H,5,8H2,1-4H3,(H,13,14)(H,15,16). The minimum absolute atomic E-state index is 0.0277. The monoisotopic (exact) mass is 239 g/mol. The fourth-order valence-electron chi connectivity index (χ4n) is 1.54. The van der Waals surface area contributed by atoms with E-state index in [2.05, 4.69) is 15.3 Å². The molecular formula is C12H21N3O2. The van der Waals surface area contributed by atoms with Crippen molar-refractivity contribution in [1.29, 1.82) is 0 Å². The summed E-state index contributed by atoms with van der Waals surface area (Å²) in [6.07, 6.45) is 4.57. The van der Waals surface area contributed by atoms with E-state index in [0.717, 1.165) is 12.2 Å². The van der Waals surface area contributed by atoms with E-state index in [4.69, 9.17) is 4.74 Å². The number of nitrogens with one attached hydrogen (secondary N) is 2. The highest BCUT2D eigenvalue weighted by Gasteiger charge is 2.23. The van der Waals surface area contributed by atoms with Crippen molar-refractivity contribution < 1.29 is 9.53 Å². The first-order valence-electron chi connectivity index (χ1n) is 5.82. The normalized spacial score (nSPS) is 13.4. The van der Waals surface area contributed by atoms with Crippen LogP contribution in [0.2, 0.25) is 0 Å². The summed E-state index contributed by atoms with van der Waals surface area (Å²) in [5.41, 5.74) is -0.439. The maximum atomic E-state index is 11.8. The molecular weight excluding hydrogens is 218 g/mol. The van der Waals surface area contributed by atoms with Gasteiger partial charge in [-0.2, -0.15) is 0 Å². The Morgan fingerprint density at radius 1 is 1.65 bits per heavy atom. The van der Waals surface area contributed by atoms with Crippen LogP contribution in [0.3, 0.4) is 0 Å².